The SMILES string of the molecule is Cc1cc(C2=NN(C(=O)C3CCC3)C(c3ccc[nH]3)C2)ccc1-n1ccc(C(F)(F)F)n1. The van der Waals surface area contributed by atoms with E-state index in [9.17, 15) is 18.0 Å². The first-order chi connectivity index (χ1) is 15.3. The normalized spacial score (nSPS) is 19.2. The molecule has 1 saturated carbocycles. The number of aromatic nitrogens is 3. The summed E-state index contributed by atoms with van der Waals surface area (Å²) >= 11 is 0. The zero-order valence-electron chi connectivity index (χ0n) is 17.4. The van der Waals surface area contributed by atoms with Gasteiger partial charge in [-0.05, 0) is 61.2 Å². The second kappa shape index (κ2) is 7.65. The molecular weight excluding hydrogens is 419 g/mol. The lowest BCUT2D eigenvalue weighted by Gasteiger charge is -2.30. The van der Waals surface area contributed by atoms with E-state index in [0.29, 0.717) is 12.1 Å². The van der Waals surface area contributed by atoms with E-state index in [0.717, 1.165) is 47.9 Å². The van der Waals surface area contributed by atoms with Crippen LogP contribution in [-0.2, 0) is 11.0 Å². The number of halogens is 3. The van der Waals surface area contributed by atoms with Gasteiger partial charge < -0.3 is 4.98 Å². The predicted molar refractivity (Wildman–Crippen MR) is 112 cm³/mol. The number of carbonyl (C=O) groups is 1. The van der Waals surface area contributed by atoms with E-state index < -0.39 is 11.9 Å². The molecule has 0 radical (unpaired) electrons. The van der Waals surface area contributed by atoms with Gasteiger partial charge in [-0.25, -0.2) is 9.69 Å². The minimum Gasteiger partial charge on any atom is -0.363 e. The van der Waals surface area contributed by atoms with Gasteiger partial charge in [-0.3, -0.25) is 4.79 Å². The maximum absolute atomic E-state index is 13.0. The Morgan fingerprint density at radius 1 is 1.19 bits per heavy atom. The number of carbonyl (C=O) groups excluding carboxylic acids is 1. The van der Waals surface area contributed by atoms with Gasteiger partial charge in [0.05, 0.1) is 11.4 Å². The summed E-state index contributed by atoms with van der Waals surface area (Å²) in [6, 6.07) is 10.1. The fourth-order valence-corrected chi connectivity index (χ4v) is 4.23. The highest BCUT2D eigenvalue weighted by Gasteiger charge is 2.39. The van der Waals surface area contributed by atoms with E-state index in [-0.39, 0.29) is 17.9 Å². The van der Waals surface area contributed by atoms with Crippen LogP contribution >= 0.6 is 0 Å². The van der Waals surface area contributed by atoms with Gasteiger partial charge in [-0.15, -0.1) is 0 Å². The molecule has 1 fully saturated rings. The van der Waals surface area contributed by atoms with Crippen LogP contribution in [0.25, 0.3) is 5.69 Å². The third kappa shape index (κ3) is 3.61. The number of aromatic amines is 1. The third-order valence-corrected chi connectivity index (χ3v) is 6.23. The molecule has 0 saturated heterocycles. The zero-order valence-corrected chi connectivity index (χ0v) is 17.4. The minimum absolute atomic E-state index is 0.0299. The number of aryl methyl sites for hydroxylation is 1. The fourth-order valence-electron chi connectivity index (χ4n) is 4.23. The molecule has 5 rings (SSSR count). The largest absolute Gasteiger partial charge is 0.435 e. The van der Waals surface area contributed by atoms with Crippen molar-refractivity contribution < 1.29 is 18.0 Å². The Balaban J connectivity index is 1.44. The highest BCUT2D eigenvalue weighted by atomic mass is 19.4. The number of rotatable bonds is 4. The Morgan fingerprint density at radius 3 is 2.59 bits per heavy atom. The maximum atomic E-state index is 13.0. The Morgan fingerprint density at radius 2 is 2.00 bits per heavy atom. The Bertz CT molecular complexity index is 1170. The average molecular weight is 441 g/mol. The average Bonchev–Trinajstić information content (AvgIpc) is 3.44. The van der Waals surface area contributed by atoms with Gasteiger partial charge in [0.15, 0.2) is 5.69 Å². The molecule has 0 spiro atoms. The molecule has 1 amide bonds. The van der Waals surface area contributed by atoms with Crippen LogP contribution in [0.4, 0.5) is 13.2 Å². The first kappa shape index (κ1) is 20.5. The quantitative estimate of drug-likeness (QED) is 0.619. The maximum Gasteiger partial charge on any atom is 0.435 e. The molecule has 1 atom stereocenters. The van der Waals surface area contributed by atoms with Crippen LogP contribution in [0.5, 0.6) is 0 Å². The molecule has 1 N–H and O–H groups in total. The van der Waals surface area contributed by atoms with Crippen molar-refractivity contribution in [3.05, 3.63) is 71.3 Å². The molecule has 6 nitrogen and oxygen atoms in total. The zero-order chi connectivity index (χ0) is 22.5. The number of hydrogen-bond acceptors (Lipinski definition) is 3. The molecular formula is C23H22F3N5O. The number of nitrogens with one attached hydrogen (secondary N) is 1. The van der Waals surface area contributed by atoms with Crippen molar-refractivity contribution in [1.29, 1.82) is 0 Å². The minimum atomic E-state index is -4.49. The molecule has 9 heteroatoms. The highest BCUT2D eigenvalue weighted by molar-refractivity contribution is 6.03. The van der Waals surface area contributed by atoms with E-state index in [4.69, 9.17) is 0 Å². The number of amides is 1. The summed E-state index contributed by atoms with van der Waals surface area (Å²) in [5, 5.41) is 9.96. The van der Waals surface area contributed by atoms with Gasteiger partial charge >= 0.3 is 6.18 Å². The lowest BCUT2D eigenvalue weighted by atomic mass is 9.84. The lowest BCUT2D eigenvalue weighted by Crippen LogP contribution is -2.36. The van der Waals surface area contributed by atoms with Gasteiger partial charge in [-0.2, -0.15) is 23.4 Å². The number of benzene rings is 1. The molecule has 2 aliphatic rings. The van der Waals surface area contributed by atoms with E-state index >= 15 is 0 Å². The van der Waals surface area contributed by atoms with Crippen molar-refractivity contribution in [2.24, 2.45) is 11.0 Å². The van der Waals surface area contributed by atoms with E-state index in [2.05, 4.69) is 15.2 Å². The smallest absolute Gasteiger partial charge is 0.363 e. The first-order valence-corrected chi connectivity index (χ1v) is 10.6. The Labute approximate surface area is 182 Å². The molecule has 166 valence electrons. The predicted octanol–water partition coefficient (Wildman–Crippen LogP) is 5.01. The van der Waals surface area contributed by atoms with Gasteiger partial charge in [0.25, 0.3) is 0 Å². The summed E-state index contributed by atoms with van der Waals surface area (Å²) in [6.45, 7) is 1.82. The van der Waals surface area contributed by atoms with Crippen molar-refractivity contribution in [2.45, 2.75) is 44.8 Å². The summed E-state index contributed by atoms with van der Waals surface area (Å²) < 4.78 is 39.9. The van der Waals surface area contributed by atoms with Crippen molar-refractivity contribution in [2.75, 3.05) is 0 Å². The lowest BCUT2D eigenvalue weighted by molar-refractivity contribution is -0.141. The highest BCUT2D eigenvalue weighted by Crippen LogP contribution is 2.37. The molecule has 1 aliphatic heterocycles. The van der Waals surface area contributed by atoms with Gasteiger partial charge in [0.1, 0.15) is 6.04 Å². The van der Waals surface area contributed by atoms with Crippen molar-refractivity contribution in [3.8, 4) is 5.69 Å². The summed E-state index contributed by atoms with van der Waals surface area (Å²) in [5.74, 6) is 0.0812. The molecule has 0 bridgehead atoms. The Kier molecular flexibility index (Phi) is 4.91. The standard InChI is InChI=1S/C23H22F3N5O/c1-14-12-16(7-8-19(14)30-11-9-21(29-30)23(24,25)26)18-13-20(17-6-3-10-27-17)31(28-18)22(32)15-4-2-5-15/h3,6-12,15,20,27H,2,4-5,13H2,1H3. The summed E-state index contributed by atoms with van der Waals surface area (Å²) in [6.07, 6.45) is 2.08. The summed E-state index contributed by atoms with van der Waals surface area (Å²) in [4.78, 5) is 16.2. The number of hydrogen-bond donors (Lipinski definition) is 1. The van der Waals surface area contributed by atoms with Crippen LogP contribution in [0.2, 0.25) is 0 Å². The molecule has 3 aromatic rings. The third-order valence-electron chi connectivity index (χ3n) is 6.23. The van der Waals surface area contributed by atoms with E-state index in [1.807, 2.05) is 37.4 Å². The second-order valence-electron chi connectivity index (χ2n) is 8.35. The Hall–Kier alpha value is -3.36. The summed E-state index contributed by atoms with van der Waals surface area (Å²) in [5.41, 5.74) is 2.95. The van der Waals surface area contributed by atoms with Crippen molar-refractivity contribution in [3.63, 3.8) is 0 Å². The number of hydrazone groups is 1. The molecule has 1 aromatic carbocycles. The van der Waals surface area contributed by atoms with Crippen LogP contribution in [0.15, 0.2) is 53.9 Å². The topological polar surface area (TPSA) is 66.3 Å². The number of nitrogens with zero attached hydrogens (tertiary/aromatic N) is 4. The summed E-state index contributed by atoms with van der Waals surface area (Å²) in [7, 11) is 0. The van der Waals surface area contributed by atoms with E-state index in [1.54, 1.807) is 11.1 Å². The van der Waals surface area contributed by atoms with Crippen LogP contribution in [0, 0.1) is 12.8 Å². The molecule has 1 unspecified atom stereocenters. The van der Waals surface area contributed by atoms with Gasteiger partial charge in [-0.1, -0.05) is 12.5 Å². The second-order valence-corrected chi connectivity index (χ2v) is 8.35. The van der Waals surface area contributed by atoms with Crippen LogP contribution < -0.4 is 0 Å². The van der Waals surface area contributed by atoms with Crippen LogP contribution in [0.3, 0.4) is 0 Å². The van der Waals surface area contributed by atoms with Crippen molar-refractivity contribution in [1.82, 2.24) is 19.8 Å². The van der Waals surface area contributed by atoms with Gasteiger partial charge in [0, 0.05) is 30.4 Å². The first-order valence-electron chi connectivity index (χ1n) is 10.6. The van der Waals surface area contributed by atoms with E-state index in [1.165, 1.54) is 10.9 Å². The molecule has 1 aliphatic carbocycles. The fraction of sp³-hybridized carbons (Fsp3) is 0.348. The monoisotopic (exact) mass is 441 g/mol. The van der Waals surface area contributed by atoms with Crippen molar-refractivity contribution >= 4 is 11.6 Å². The van der Waals surface area contributed by atoms with Crippen LogP contribution in [0.1, 0.15) is 54.2 Å². The molecule has 32 heavy (non-hydrogen) atoms. The van der Waals surface area contributed by atoms with Gasteiger partial charge in [0.2, 0.25) is 5.91 Å². The number of alkyl halides is 3. The molecule has 3 heterocycles. The van der Waals surface area contributed by atoms with Crippen LogP contribution in [-0.4, -0.2) is 31.4 Å². The number of H-pyrrole nitrogens is 1. The molecule has 2 aromatic heterocycles.